The van der Waals surface area contributed by atoms with Crippen LogP contribution in [0.15, 0.2) is 35.8 Å². The fourth-order valence-electron chi connectivity index (χ4n) is 3.14. The molecule has 1 atom stereocenters. The first-order valence-corrected chi connectivity index (χ1v) is 9.29. The molecule has 6 heteroatoms. The van der Waals surface area contributed by atoms with E-state index in [1.54, 1.807) is 17.5 Å². The summed E-state index contributed by atoms with van der Waals surface area (Å²) in [5.41, 5.74) is 1.62. The van der Waals surface area contributed by atoms with Gasteiger partial charge in [0.1, 0.15) is 5.01 Å². The maximum Gasteiger partial charge on any atom is 0.251 e. The predicted octanol–water partition coefficient (Wildman–Crippen LogP) is 2.39. The van der Waals surface area contributed by atoms with E-state index in [1.165, 1.54) is 12.8 Å². The first kappa shape index (κ1) is 17.1. The van der Waals surface area contributed by atoms with Crippen molar-refractivity contribution in [3.05, 3.63) is 41.4 Å². The summed E-state index contributed by atoms with van der Waals surface area (Å²) in [7, 11) is 0. The Morgan fingerprint density at radius 1 is 1.42 bits per heavy atom. The number of rotatable bonds is 6. The molecular weight excluding hydrogens is 322 g/mol. The number of piperidine rings is 1. The molecule has 128 valence electrons. The van der Waals surface area contributed by atoms with Crippen LogP contribution in [0.2, 0.25) is 0 Å². The molecule has 1 aliphatic heterocycles. The number of aromatic nitrogens is 1. The molecule has 1 saturated heterocycles. The van der Waals surface area contributed by atoms with Crippen LogP contribution in [-0.4, -0.2) is 53.2 Å². The molecule has 5 nitrogen and oxygen atoms in total. The van der Waals surface area contributed by atoms with Crippen molar-refractivity contribution in [2.24, 2.45) is 0 Å². The van der Waals surface area contributed by atoms with E-state index in [9.17, 15) is 9.90 Å². The Bertz CT molecular complexity index is 660. The van der Waals surface area contributed by atoms with Gasteiger partial charge in [-0.15, -0.1) is 11.3 Å². The van der Waals surface area contributed by atoms with Gasteiger partial charge in [0.25, 0.3) is 5.91 Å². The second kappa shape index (κ2) is 8.37. The lowest BCUT2D eigenvalue weighted by atomic mass is 10.0. The number of hydrogen-bond acceptors (Lipinski definition) is 5. The van der Waals surface area contributed by atoms with Crippen molar-refractivity contribution in [1.29, 1.82) is 0 Å². The molecule has 0 radical (unpaired) electrons. The van der Waals surface area contributed by atoms with Crippen molar-refractivity contribution in [3.8, 4) is 10.6 Å². The number of carbonyl (C=O) groups excluding carboxylic acids is 1. The minimum Gasteiger partial charge on any atom is -0.395 e. The molecule has 3 rings (SSSR count). The fourth-order valence-corrected chi connectivity index (χ4v) is 3.77. The van der Waals surface area contributed by atoms with E-state index in [-0.39, 0.29) is 18.6 Å². The zero-order valence-electron chi connectivity index (χ0n) is 13.6. The minimum absolute atomic E-state index is 0.0639. The average Bonchev–Trinajstić information content (AvgIpc) is 3.17. The van der Waals surface area contributed by atoms with Gasteiger partial charge in [-0.25, -0.2) is 4.98 Å². The van der Waals surface area contributed by atoms with Gasteiger partial charge in [-0.1, -0.05) is 18.6 Å². The largest absolute Gasteiger partial charge is 0.395 e. The molecule has 2 aromatic rings. The minimum atomic E-state index is -0.0639. The van der Waals surface area contributed by atoms with Gasteiger partial charge in [-0.05, 0) is 31.5 Å². The molecule has 1 aromatic carbocycles. The summed E-state index contributed by atoms with van der Waals surface area (Å²) < 4.78 is 0. The Labute approximate surface area is 146 Å². The number of thiazole rings is 1. The number of nitrogens with one attached hydrogen (secondary N) is 1. The lowest BCUT2D eigenvalue weighted by molar-refractivity contribution is 0.0849. The van der Waals surface area contributed by atoms with E-state index >= 15 is 0 Å². The van der Waals surface area contributed by atoms with Crippen LogP contribution in [0.4, 0.5) is 0 Å². The number of aliphatic hydroxyl groups is 1. The molecule has 0 spiro atoms. The van der Waals surface area contributed by atoms with Crippen molar-refractivity contribution >= 4 is 17.2 Å². The molecular formula is C18H23N3O2S. The van der Waals surface area contributed by atoms with E-state index in [0.29, 0.717) is 12.1 Å². The number of likely N-dealkylation sites (tertiary alicyclic amines) is 1. The van der Waals surface area contributed by atoms with Gasteiger partial charge in [0.2, 0.25) is 0 Å². The second-order valence-corrected chi connectivity index (χ2v) is 6.94. The van der Waals surface area contributed by atoms with Crippen LogP contribution < -0.4 is 5.32 Å². The van der Waals surface area contributed by atoms with Crippen LogP contribution >= 0.6 is 11.3 Å². The maximum atomic E-state index is 12.4. The van der Waals surface area contributed by atoms with Gasteiger partial charge in [0.15, 0.2) is 0 Å². The number of hydrogen-bond donors (Lipinski definition) is 2. The van der Waals surface area contributed by atoms with E-state index in [1.807, 2.05) is 29.6 Å². The summed E-state index contributed by atoms with van der Waals surface area (Å²) >= 11 is 1.56. The Balaban J connectivity index is 1.54. The molecule has 24 heavy (non-hydrogen) atoms. The van der Waals surface area contributed by atoms with Gasteiger partial charge in [0.05, 0.1) is 6.61 Å². The van der Waals surface area contributed by atoms with Gasteiger partial charge < -0.3 is 10.4 Å². The highest BCUT2D eigenvalue weighted by Crippen LogP contribution is 2.22. The standard InChI is InChI=1S/C18H23N3O2S/c22-13-16-6-1-2-9-21(16)10-7-19-17(23)14-4-3-5-15(12-14)18-20-8-11-24-18/h3-5,8,11-12,16,22H,1-2,6-7,9-10,13H2,(H,19,23). The normalized spacial score (nSPS) is 18.5. The summed E-state index contributed by atoms with van der Waals surface area (Å²) in [6.07, 6.45) is 5.15. The highest BCUT2D eigenvalue weighted by Gasteiger charge is 2.21. The third-order valence-corrected chi connectivity index (χ3v) is 5.27. The van der Waals surface area contributed by atoms with E-state index in [2.05, 4.69) is 15.2 Å². The molecule has 2 heterocycles. The van der Waals surface area contributed by atoms with Crippen molar-refractivity contribution in [2.75, 3.05) is 26.2 Å². The lowest BCUT2D eigenvalue weighted by Gasteiger charge is -2.34. The highest BCUT2D eigenvalue weighted by atomic mass is 32.1. The van der Waals surface area contributed by atoms with Crippen LogP contribution in [0, 0.1) is 0 Å². The molecule has 1 amide bonds. The zero-order chi connectivity index (χ0) is 16.8. The third-order valence-electron chi connectivity index (χ3n) is 4.45. The molecule has 0 bridgehead atoms. The van der Waals surface area contributed by atoms with Gasteiger partial charge in [-0.2, -0.15) is 0 Å². The van der Waals surface area contributed by atoms with E-state index in [4.69, 9.17) is 0 Å². The summed E-state index contributed by atoms with van der Waals surface area (Å²) in [6, 6.07) is 7.80. The Morgan fingerprint density at radius 3 is 3.12 bits per heavy atom. The van der Waals surface area contributed by atoms with Crippen molar-refractivity contribution in [2.45, 2.75) is 25.3 Å². The average molecular weight is 345 g/mol. The third kappa shape index (κ3) is 4.20. The van der Waals surface area contributed by atoms with Crippen molar-refractivity contribution < 1.29 is 9.90 Å². The molecule has 0 aliphatic carbocycles. The van der Waals surface area contributed by atoms with Gasteiger partial charge in [0, 0.05) is 41.8 Å². The van der Waals surface area contributed by atoms with Crippen LogP contribution in [0.5, 0.6) is 0 Å². The molecule has 1 aromatic heterocycles. The first-order chi connectivity index (χ1) is 11.8. The Hall–Kier alpha value is -1.76. The lowest BCUT2D eigenvalue weighted by Crippen LogP contribution is -2.45. The van der Waals surface area contributed by atoms with Crippen LogP contribution in [0.3, 0.4) is 0 Å². The molecule has 1 unspecified atom stereocenters. The highest BCUT2D eigenvalue weighted by molar-refractivity contribution is 7.13. The molecule has 1 aliphatic rings. The summed E-state index contributed by atoms with van der Waals surface area (Å²) in [5.74, 6) is -0.0639. The van der Waals surface area contributed by atoms with Crippen LogP contribution in [0.25, 0.3) is 10.6 Å². The Kier molecular flexibility index (Phi) is 5.96. The summed E-state index contributed by atoms with van der Waals surface area (Å²) in [5, 5.41) is 15.3. The van der Waals surface area contributed by atoms with E-state index < -0.39 is 0 Å². The van der Waals surface area contributed by atoms with E-state index in [0.717, 1.165) is 30.1 Å². The second-order valence-electron chi connectivity index (χ2n) is 6.04. The number of carbonyl (C=O) groups is 1. The van der Waals surface area contributed by atoms with Crippen LogP contribution in [-0.2, 0) is 0 Å². The quantitative estimate of drug-likeness (QED) is 0.844. The van der Waals surface area contributed by atoms with Crippen molar-refractivity contribution in [3.63, 3.8) is 0 Å². The SMILES string of the molecule is O=C(NCCN1CCCCC1CO)c1cccc(-c2nccs2)c1. The predicted molar refractivity (Wildman–Crippen MR) is 96.2 cm³/mol. The zero-order valence-corrected chi connectivity index (χ0v) is 14.5. The topological polar surface area (TPSA) is 65.5 Å². The Morgan fingerprint density at radius 2 is 2.33 bits per heavy atom. The molecule has 1 fully saturated rings. The van der Waals surface area contributed by atoms with Crippen molar-refractivity contribution in [1.82, 2.24) is 15.2 Å². The maximum absolute atomic E-state index is 12.4. The smallest absolute Gasteiger partial charge is 0.251 e. The summed E-state index contributed by atoms with van der Waals surface area (Å²) in [6.45, 7) is 2.57. The number of nitrogens with zero attached hydrogens (tertiary/aromatic N) is 2. The van der Waals surface area contributed by atoms with Crippen LogP contribution in [0.1, 0.15) is 29.6 Å². The first-order valence-electron chi connectivity index (χ1n) is 8.41. The fraction of sp³-hybridized carbons (Fsp3) is 0.444. The van der Waals surface area contributed by atoms with Gasteiger partial charge in [-0.3, -0.25) is 9.69 Å². The number of amides is 1. The molecule has 2 N–H and O–H groups in total. The molecule has 0 saturated carbocycles. The van der Waals surface area contributed by atoms with Gasteiger partial charge >= 0.3 is 0 Å². The monoisotopic (exact) mass is 345 g/mol. The number of benzene rings is 1. The summed E-state index contributed by atoms with van der Waals surface area (Å²) in [4.78, 5) is 18.9. The number of aliphatic hydroxyl groups excluding tert-OH is 1.